The van der Waals surface area contributed by atoms with E-state index in [1.165, 1.54) is 0 Å². The SMILES string of the molecule is N=C1CCCCC1C(N)=O. The van der Waals surface area contributed by atoms with Crippen molar-refractivity contribution in [1.29, 1.82) is 5.41 Å². The van der Waals surface area contributed by atoms with Gasteiger partial charge in [-0.15, -0.1) is 0 Å². The number of nitrogens with two attached hydrogens (primary N) is 1. The second-order valence-corrected chi connectivity index (χ2v) is 2.73. The molecule has 1 aliphatic rings. The second kappa shape index (κ2) is 2.82. The Morgan fingerprint density at radius 3 is 2.70 bits per heavy atom. The maximum absolute atomic E-state index is 10.6. The van der Waals surface area contributed by atoms with E-state index >= 15 is 0 Å². The van der Waals surface area contributed by atoms with Crippen molar-refractivity contribution in [3.05, 3.63) is 0 Å². The highest BCUT2D eigenvalue weighted by Crippen LogP contribution is 2.19. The van der Waals surface area contributed by atoms with E-state index in [0.717, 1.165) is 25.7 Å². The van der Waals surface area contributed by atoms with Crippen molar-refractivity contribution in [2.24, 2.45) is 11.7 Å². The highest BCUT2D eigenvalue weighted by atomic mass is 16.1. The smallest absolute Gasteiger partial charge is 0.226 e. The molecule has 1 atom stereocenters. The van der Waals surface area contributed by atoms with Crippen molar-refractivity contribution in [2.75, 3.05) is 0 Å². The third-order valence-electron chi connectivity index (χ3n) is 1.95. The molecule has 0 aliphatic heterocycles. The Kier molecular flexibility index (Phi) is 2.04. The standard InChI is InChI=1S/C7H12N2O/c8-6-4-2-1-3-5(6)7(9)10/h5,8H,1-4H2,(H2,9,10). The maximum Gasteiger partial charge on any atom is 0.226 e. The van der Waals surface area contributed by atoms with Gasteiger partial charge in [-0.2, -0.15) is 0 Å². The van der Waals surface area contributed by atoms with Gasteiger partial charge in [-0.25, -0.2) is 0 Å². The van der Waals surface area contributed by atoms with Crippen LogP contribution in [-0.4, -0.2) is 11.6 Å². The molecule has 1 unspecified atom stereocenters. The Morgan fingerprint density at radius 2 is 2.30 bits per heavy atom. The second-order valence-electron chi connectivity index (χ2n) is 2.73. The van der Waals surface area contributed by atoms with Crippen LogP contribution in [0, 0.1) is 11.3 Å². The van der Waals surface area contributed by atoms with Gasteiger partial charge in [-0.05, 0) is 19.3 Å². The first-order valence-electron chi connectivity index (χ1n) is 3.58. The molecule has 1 rings (SSSR count). The van der Waals surface area contributed by atoms with Gasteiger partial charge >= 0.3 is 0 Å². The third kappa shape index (κ3) is 1.35. The van der Waals surface area contributed by atoms with Gasteiger partial charge in [0.1, 0.15) is 0 Å². The molecule has 0 heterocycles. The molecular weight excluding hydrogens is 128 g/mol. The first-order valence-corrected chi connectivity index (χ1v) is 3.58. The zero-order valence-corrected chi connectivity index (χ0v) is 5.89. The fraction of sp³-hybridized carbons (Fsp3) is 0.714. The van der Waals surface area contributed by atoms with E-state index in [-0.39, 0.29) is 11.8 Å². The van der Waals surface area contributed by atoms with Crippen LogP contribution >= 0.6 is 0 Å². The van der Waals surface area contributed by atoms with Crippen molar-refractivity contribution in [3.63, 3.8) is 0 Å². The van der Waals surface area contributed by atoms with Crippen LogP contribution in [0.15, 0.2) is 0 Å². The number of nitrogens with one attached hydrogen (secondary N) is 1. The maximum atomic E-state index is 10.6. The van der Waals surface area contributed by atoms with Gasteiger partial charge in [-0.3, -0.25) is 4.79 Å². The van der Waals surface area contributed by atoms with Gasteiger partial charge in [0.15, 0.2) is 0 Å². The Hall–Kier alpha value is -0.860. The molecule has 0 aromatic rings. The summed E-state index contributed by atoms with van der Waals surface area (Å²) in [6.45, 7) is 0. The van der Waals surface area contributed by atoms with E-state index in [9.17, 15) is 4.79 Å². The lowest BCUT2D eigenvalue weighted by atomic mass is 9.87. The molecule has 10 heavy (non-hydrogen) atoms. The van der Waals surface area contributed by atoms with Gasteiger partial charge in [0.25, 0.3) is 0 Å². The molecule has 3 nitrogen and oxygen atoms in total. The lowest BCUT2D eigenvalue weighted by Crippen LogP contribution is -2.31. The van der Waals surface area contributed by atoms with Crippen molar-refractivity contribution in [1.82, 2.24) is 0 Å². The van der Waals surface area contributed by atoms with Crippen LogP contribution in [0.4, 0.5) is 0 Å². The lowest BCUT2D eigenvalue weighted by molar-refractivity contribution is -0.120. The summed E-state index contributed by atoms with van der Waals surface area (Å²) in [6.07, 6.45) is 3.63. The molecular formula is C7H12N2O. The van der Waals surface area contributed by atoms with E-state index in [1.54, 1.807) is 0 Å². The first kappa shape index (κ1) is 7.25. The fourth-order valence-electron chi connectivity index (χ4n) is 1.33. The number of rotatable bonds is 1. The van der Waals surface area contributed by atoms with E-state index in [1.807, 2.05) is 0 Å². The third-order valence-corrected chi connectivity index (χ3v) is 1.95. The van der Waals surface area contributed by atoms with Crippen molar-refractivity contribution < 1.29 is 4.79 Å². The highest BCUT2D eigenvalue weighted by Gasteiger charge is 2.23. The molecule has 56 valence electrons. The molecule has 3 heteroatoms. The van der Waals surface area contributed by atoms with Gasteiger partial charge < -0.3 is 11.1 Å². The number of carbonyl (C=O) groups is 1. The van der Waals surface area contributed by atoms with E-state index in [2.05, 4.69) is 0 Å². The summed E-state index contributed by atoms with van der Waals surface area (Å²) < 4.78 is 0. The highest BCUT2D eigenvalue weighted by molar-refractivity contribution is 6.02. The summed E-state index contributed by atoms with van der Waals surface area (Å²) in [5, 5.41) is 7.38. The summed E-state index contributed by atoms with van der Waals surface area (Å²) in [5.74, 6) is -0.585. The van der Waals surface area contributed by atoms with Crippen LogP contribution in [-0.2, 0) is 4.79 Å². The molecule has 1 aliphatic carbocycles. The summed E-state index contributed by atoms with van der Waals surface area (Å²) in [4.78, 5) is 10.6. The zero-order chi connectivity index (χ0) is 7.56. The Bertz CT molecular complexity index is 165. The number of primary amides is 1. The monoisotopic (exact) mass is 140 g/mol. The quantitative estimate of drug-likeness (QED) is 0.552. The topological polar surface area (TPSA) is 66.9 Å². The van der Waals surface area contributed by atoms with Crippen LogP contribution in [0.5, 0.6) is 0 Å². The van der Waals surface area contributed by atoms with Crippen molar-refractivity contribution >= 4 is 11.6 Å². The largest absolute Gasteiger partial charge is 0.369 e. The predicted octanol–water partition coefficient (Wildman–Crippen LogP) is 0.682. The van der Waals surface area contributed by atoms with Crippen LogP contribution in [0.2, 0.25) is 0 Å². The van der Waals surface area contributed by atoms with Crippen molar-refractivity contribution in [3.8, 4) is 0 Å². The van der Waals surface area contributed by atoms with Gasteiger partial charge in [0, 0.05) is 5.71 Å². The van der Waals surface area contributed by atoms with E-state index < -0.39 is 0 Å². The Balaban J connectivity index is 2.56. The first-order chi connectivity index (χ1) is 4.72. The lowest BCUT2D eigenvalue weighted by Gasteiger charge is -2.19. The average Bonchev–Trinajstić information content (AvgIpc) is 1.88. The van der Waals surface area contributed by atoms with Gasteiger partial charge in [0.05, 0.1) is 5.92 Å². The average molecular weight is 140 g/mol. The normalized spacial score (nSPS) is 26.4. The van der Waals surface area contributed by atoms with Crippen LogP contribution in [0.3, 0.4) is 0 Å². The molecule has 1 amide bonds. The zero-order valence-electron chi connectivity index (χ0n) is 5.89. The van der Waals surface area contributed by atoms with Gasteiger partial charge in [-0.1, -0.05) is 6.42 Å². The number of hydrogen-bond donors (Lipinski definition) is 2. The van der Waals surface area contributed by atoms with Crippen LogP contribution < -0.4 is 5.73 Å². The minimum atomic E-state index is -0.329. The minimum Gasteiger partial charge on any atom is -0.369 e. The summed E-state index contributed by atoms with van der Waals surface area (Å²) in [7, 11) is 0. The molecule has 1 fully saturated rings. The summed E-state index contributed by atoms with van der Waals surface area (Å²) in [6, 6.07) is 0. The van der Waals surface area contributed by atoms with Gasteiger partial charge in [0.2, 0.25) is 5.91 Å². The molecule has 0 saturated heterocycles. The molecule has 0 aromatic heterocycles. The Morgan fingerprint density at radius 1 is 1.60 bits per heavy atom. The predicted molar refractivity (Wildman–Crippen MR) is 38.9 cm³/mol. The number of carbonyl (C=O) groups excluding carboxylic acids is 1. The summed E-state index contributed by atoms with van der Waals surface area (Å²) in [5.41, 5.74) is 5.60. The molecule has 0 aromatic carbocycles. The van der Waals surface area contributed by atoms with E-state index in [4.69, 9.17) is 11.1 Å². The number of hydrogen-bond acceptors (Lipinski definition) is 2. The molecule has 0 bridgehead atoms. The molecule has 0 spiro atoms. The van der Waals surface area contributed by atoms with Crippen LogP contribution in [0.25, 0.3) is 0 Å². The molecule has 0 radical (unpaired) electrons. The Labute approximate surface area is 60.1 Å². The summed E-state index contributed by atoms with van der Waals surface area (Å²) >= 11 is 0. The fourth-order valence-corrected chi connectivity index (χ4v) is 1.33. The molecule has 1 saturated carbocycles. The van der Waals surface area contributed by atoms with E-state index in [0.29, 0.717) is 5.71 Å². The number of amides is 1. The van der Waals surface area contributed by atoms with Crippen molar-refractivity contribution in [2.45, 2.75) is 25.7 Å². The van der Waals surface area contributed by atoms with Crippen LogP contribution in [0.1, 0.15) is 25.7 Å². The minimum absolute atomic E-state index is 0.256. The molecule has 3 N–H and O–H groups in total.